The molecular formula is C4H8N2O. The van der Waals surface area contributed by atoms with Gasteiger partial charge in [0.25, 0.3) is 0 Å². The fourth-order valence-electron chi connectivity index (χ4n) is 0.141. The first kappa shape index (κ1) is 6.01. The van der Waals surface area contributed by atoms with Gasteiger partial charge in [-0.2, -0.15) is 0 Å². The third-order valence-electron chi connectivity index (χ3n) is 0.384. The first-order valence-electron chi connectivity index (χ1n) is 1.80. The minimum atomic E-state index is 0.00171. The predicted octanol–water partition coefficient (Wildman–Crippen LogP) is 0.0825. The molecule has 0 fully saturated rings. The molecule has 0 amide bonds. The molecule has 0 aliphatic heterocycles. The Bertz CT molecular complexity index is 87.7. The van der Waals surface area contributed by atoms with Crippen LogP contribution in [0.5, 0.6) is 0 Å². The normalized spacial score (nSPS) is 9.29. The monoisotopic (exact) mass is 100 g/mol. The van der Waals surface area contributed by atoms with E-state index >= 15 is 0 Å². The summed E-state index contributed by atoms with van der Waals surface area (Å²) < 4.78 is 4.45. The maximum atomic E-state index is 6.61. The number of ether oxygens (including phenoxy) is 1. The average molecular weight is 100 g/mol. The van der Waals surface area contributed by atoms with Gasteiger partial charge in [-0.25, -0.2) is 0 Å². The Kier molecular flexibility index (Phi) is 2.76. The molecular weight excluding hydrogens is 92.1 g/mol. The van der Waals surface area contributed by atoms with Crippen molar-refractivity contribution in [3.63, 3.8) is 0 Å². The lowest BCUT2D eigenvalue weighted by atomic mass is 10.6. The Labute approximate surface area is 42.3 Å². The molecule has 0 aliphatic rings. The maximum Gasteiger partial charge on any atom is 0.118 e. The summed E-state index contributed by atoms with van der Waals surface area (Å²) in [4.78, 5) is 0. The molecule has 3 nitrogen and oxygen atoms in total. The van der Waals surface area contributed by atoms with E-state index in [1.165, 1.54) is 19.4 Å². The van der Waals surface area contributed by atoms with Crippen molar-refractivity contribution in [2.45, 2.75) is 0 Å². The quantitative estimate of drug-likeness (QED) is 0.293. The van der Waals surface area contributed by atoms with Crippen LogP contribution in [0.1, 0.15) is 0 Å². The third-order valence-corrected chi connectivity index (χ3v) is 0.384. The van der Waals surface area contributed by atoms with E-state index in [-0.39, 0.29) is 5.84 Å². The van der Waals surface area contributed by atoms with Gasteiger partial charge in [0, 0.05) is 6.08 Å². The zero-order chi connectivity index (χ0) is 5.70. The smallest absolute Gasteiger partial charge is 0.118 e. The number of hydrogen-bond donors (Lipinski definition) is 2. The van der Waals surface area contributed by atoms with Crippen LogP contribution >= 0.6 is 0 Å². The molecule has 0 heterocycles. The van der Waals surface area contributed by atoms with E-state index in [0.717, 1.165) is 0 Å². The van der Waals surface area contributed by atoms with Gasteiger partial charge in [-0.3, -0.25) is 5.41 Å². The summed E-state index contributed by atoms with van der Waals surface area (Å²) in [7, 11) is 1.50. The summed E-state index contributed by atoms with van der Waals surface area (Å²) in [5.74, 6) is 0.00171. The fraction of sp³-hybridized carbons (Fsp3) is 0.250. The van der Waals surface area contributed by atoms with Gasteiger partial charge < -0.3 is 10.5 Å². The van der Waals surface area contributed by atoms with Crippen LogP contribution in [0.4, 0.5) is 0 Å². The van der Waals surface area contributed by atoms with E-state index in [1.54, 1.807) is 0 Å². The molecule has 0 atom stereocenters. The van der Waals surface area contributed by atoms with Crippen LogP contribution in [0.2, 0.25) is 0 Å². The van der Waals surface area contributed by atoms with Crippen molar-refractivity contribution < 1.29 is 4.74 Å². The van der Waals surface area contributed by atoms with Gasteiger partial charge >= 0.3 is 0 Å². The van der Waals surface area contributed by atoms with Crippen LogP contribution in [0, 0.1) is 5.41 Å². The summed E-state index contributed by atoms with van der Waals surface area (Å²) in [5.41, 5.74) is 4.89. The largest absolute Gasteiger partial charge is 0.504 e. The second-order valence-electron chi connectivity index (χ2n) is 0.994. The minimum Gasteiger partial charge on any atom is -0.504 e. The molecule has 40 valence electrons. The van der Waals surface area contributed by atoms with Gasteiger partial charge in [-0.05, 0) is 0 Å². The Morgan fingerprint density at radius 3 is 2.57 bits per heavy atom. The van der Waals surface area contributed by atoms with Crippen LogP contribution in [0.15, 0.2) is 12.3 Å². The molecule has 3 N–H and O–H groups in total. The molecule has 0 rings (SSSR count). The lowest BCUT2D eigenvalue weighted by Crippen LogP contribution is -2.04. The second kappa shape index (κ2) is 3.21. The third kappa shape index (κ3) is 5.01. The zero-order valence-corrected chi connectivity index (χ0v) is 4.14. The van der Waals surface area contributed by atoms with Gasteiger partial charge in [0.2, 0.25) is 0 Å². The van der Waals surface area contributed by atoms with Crippen molar-refractivity contribution in [2.75, 3.05) is 7.11 Å². The highest BCUT2D eigenvalue weighted by molar-refractivity contribution is 5.88. The van der Waals surface area contributed by atoms with Gasteiger partial charge in [-0.15, -0.1) is 0 Å². The van der Waals surface area contributed by atoms with E-state index in [4.69, 9.17) is 11.1 Å². The lowest BCUT2D eigenvalue weighted by Gasteiger charge is -1.83. The molecule has 0 aromatic heterocycles. The molecule has 0 radical (unpaired) electrons. The summed E-state index contributed by atoms with van der Waals surface area (Å²) >= 11 is 0. The van der Waals surface area contributed by atoms with Gasteiger partial charge in [0.15, 0.2) is 0 Å². The number of hydrogen-bond acceptors (Lipinski definition) is 2. The van der Waals surface area contributed by atoms with Crippen molar-refractivity contribution in [3.8, 4) is 0 Å². The standard InChI is InChI=1S/C4H8N2O/c1-7-3-2-4(5)6/h2-3H,1H3,(H3,5,6)/b3-2-. The molecule has 0 bridgehead atoms. The Morgan fingerprint density at radius 2 is 2.43 bits per heavy atom. The predicted molar refractivity (Wildman–Crippen MR) is 28.1 cm³/mol. The van der Waals surface area contributed by atoms with Crippen LogP contribution in [0.25, 0.3) is 0 Å². The summed E-state index contributed by atoms with van der Waals surface area (Å²) in [6.45, 7) is 0. The van der Waals surface area contributed by atoms with Crippen LogP contribution < -0.4 is 5.73 Å². The van der Waals surface area contributed by atoms with E-state index in [2.05, 4.69) is 4.74 Å². The molecule has 0 aromatic carbocycles. The number of nitrogens with one attached hydrogen (secondary N) is 1. The SMILES string of the molecule is CO/C=C\C(=N)N. The van der Waals surface area contributed by atoms with Crippen molar-refractivity contribution in [1.29, 1.82) is 5.41 Å². The molecule has 0 aliphatic carbocycles. The second-order valence-corrected chi connectivity index (χ2v) is 0.994. The zero-order valence-electron chi connectivity index (χ0n) is 4.14. The van der Waals surface area contributed by atoms with Crippen LogP contribution in [-0.2, 0) is 4.74 Å². The van der Waals surface area contributed by atoms with Crippen molar-refractivity contribution >= 4 is 5.84 Å². The topological polar surface area (TPSA) is 59.1 Å². The highest BCUT2D eigenvalue weighted by Crippen LogP contribution is 1.68. The van der Waals surface area contributed by atoms with E-state index < -0.39 is 0 Å². The molecule has 0 aromatic rings. The molecule has 0 saturated heterocycles. The van der Waals surface area contributed by atoms with Gasteiger partial charge in [0.1, 0.15) is 5.84 Å². The molecule has 0 saturated carbocycles. The van der Waals surface area contributed by atoms with Gasteiger partial charge in [0.05, 0.1) is 13.4 Å². The fourth-order valence-corrected chi connectivity index (χ4v) is 0.141. The van der Waals surface area contributed by atoms with Crippen LogP contribution in [0.3, 0.4) is 0 Å². The van der Waals surface area contributed by atoms with Crippen LogP contribution in [-0.4, -0.2) is 12.9 Å². The lowest BCUT2D eigenvalue weighted by molar-refractivity contribution is 0.338. The Morgan fingerprint density at radius 1 is 1.86 bits per heavy atom. The van der Waals surface area contributed by atoms with E-state index in [1.807, 2.05) is 0 Å². The highest BCUT2D eigenvalue weighted by Gasteiger charge is 1.70. The van der Waals surface area contributed by atoms with E-state index in [0.29, 0.717) is 0 Å². The number of nitrogens with two attached hydrogens (primary N) is 1. The maximum absolute atomic E-state index is 6.61. The summed E-state index contributed by atoms with van der Waals surface area (Å²) in [6.07, 6.45) is 2.71. The Hall–Kier alpha value is -0.990. The minimum absolute atomic E-state index is 0.00171. The van der Waals surface area contributed by atoms with Crippen molar-refractivity contribution in [3.05, 3.63) is 12.3 Å². The number of amidine groups is 1. The first-order chi connectivity index (χ1) is 3.27. The molecule has 3 heteroatoms. The first-order valence-corrected chi connectivity index (χ1v) is 1.80. The molecule has 0 unspecified atom stereocenters. The van der Waals surface area contributed by atoms with E-state index in [9.17, 15) is 0 Å². The summed E-state index contributed by atoms with van der Waals surface area (Å²) in [5, 5.41) is 6.61. The van der Waals surface area contributed by atoms with Crippen molar-refractivity contribution in [2.24, 2.45) is 5.73 Å². The van der Waals surface area contributed by atoms with Crippen molar-refractivity contribution in [1.82, 2.24) is 0 Å². The average Bonchev–Trinajstić information content (AvgIpc) is 1.61. The highest BCUT2D eigenvalue weighted by atomic mass is 16.5. The molecule has 7 heavy (non-hydrogen) atoms. The summed E-state index contributed by atoms with van der Waals surface area (Å²) in [6, 6.07) is 0. The number of rotatable bonds is 2. The Balaban J connectivity index is 3.26. The van der Waals surface area contributed by atoms with Gasteiger partial charge in [-0.1, -0.05) is 0 Å². The molecule has 0 spiro atoms. The number of methoxy groups -OCH3 is 1.